The average molecular weight is 412 g/mol. The van der Waals surface area contributed by atoms with Crippen LogP contribution in [0.3, 0.4) is 0 Å². The normalized spacial score (nSPS) is 11.8. The molecule has 0 radical (unpaired) electrons. The molecule has 0 fully saturated rings. The number of furan rings is 1. The first-order chi connectivity index (χ1) is 15.9. The van der Waals surface area contributed by atoms with E-state index in [0.717, 1.165) is 55.7 Å². The highest BCUT2D eigenvalue weighted by atomic mass is 16.3. The van der Waals surface area contributed by atoms with Gasteiger partial charge in [0.1, 0.15) is 11.2 Å². The number of para-hydroxylation sites is 5. The smallest absolute Gasteiger partial charge is 0.199 e. The van der Waals surface area contributed by atoms with Crippen LogP contribution in [0, 0.1) is 0 Å². The lowest BCUT2D eigenvalue weighted by molar-refractivity contribution is 0.669. The number of hydrogen-bond acceptors (Lipinski definition) is 4. The lowest BCUT2D eigenvalue weighted by atomic mass is 10.1. The Balaban J connectivity index is 1.63. The van der Waals surface area contributed by atoms with Gasteiger partial charge in [0.25, 0.3) is 0 Å². The number of fused-ring (bicyclic) bond motifs is 5. The number of aromatic nitrogens is 4. The largest absolute Gasteiger partial charge is 0.455 e. The third-order valence-electron chi connectivity index (χ3n) is 5.83. The Bertz CT molecular complexity index is 1780. The van der Waals surface area contributed by atoms with Gasteiger partial charge in [-0.05, 0) is 36.4 Å². The maximum atomic E-state index is 6.31. The molecule has 0 saturated heterocycles. The zero-order valence-electron chi connectivity index (χ0n) is 16.9. The zero-order chi connectivity index (χ0) is 21.1. The minimum Gasteiger partial charge on any atom is -0.455 e. The molecule has 32 heavy (non-hydrogen) atoms. The molecule has 7 aromatic rings. The van der Waals surface area contributed by atoms with E-state index in [1.54, 1.807) is 0 Å². The molecule has 0 aliphatic rings. The van der Waals surface area contributed by atoms with Crippen LogP contribution in [0.15, 0.2) is 101 Å². The van der Waals surface area contributed by atoms with E-state index in [0.29, 0.717) is 5.65 Å². The van der Waals surface area contributed by atoms with Gasteiger partial charge < -0.3 is 4.42 Å². The second-order valence-corrected chi connectivity index (χ2v) is 7.75. The van der Waals surface area contributed by atoms with Crippen LogP contribution >= 0.6 is 0 Å². The van der Waals surface area contributed by atoms with Gasteiger partial charge in [0.2, 0.25) is 0 Å². The molecule has 0 aliphatic carbocycles. The Morgan fingerprint density at radius 2 is 1.31 bits per heavy atom. The minimum absolute atomic E-state index is 0.607. The molecule has 0 bridgehead atoms. The van der Waals surface area contributed by atoms with Crippen molar-refractivity contribution in [3.05, 3.63) is 97.1 Å². The van der Waals surface area contributed by atoms with Crippen molar-refractivity contribution in [2.75, 3.05) is 0 Å². The van der Waals surface area contributed by atoms with Crippen LogP contribution in [0.1, 0.15) is 0 Å². The molecule has 0 N–H and O–H groups in total. The van der Waals surface area contributed by atoms with Gasteiger partial charge in [0.15, 0.2) is 17.1 Å². The Morgan fingerprint density at radius 3 is 2.19 bits per heavy atom. The molecular weight excluding hydrogens is 396 g/mol. The summed E-state index contributed by atoms with van der Waals surface area (Å²) >= 11 is 0. The summed E-state index contributed by atoms with van der Waals surface area (Å²) in [5.41, 5.74) is 6.55. The predicted octanol–water partition coefficient (Wildman–Crippen LogP) is 6.54. The molecule has 0 saturated carbocycles. The summed E-state index contributed by atoms with van der Waals surface area (Å²) in [5, 5.41) is 2.16. The van der Waals surface area contributed by atoms with Crippen LogP contribution < -0.4 is 0 Å². The number of hydrogen-bond donors (Lipinski definition) is 0. The highest BCUT2D eigenvalue weighted by Gasteiger charge is 2.21. The van der Waals surface area contributed by atoms with Crippen LogP contribution in [0.25, 0.3) is 61.3 Å². The summed E-state index contributed by atoms with van der Waals surface area (Å²) in [7, 11) is 0. The van der Waals surface area contributed by atoms with Gasteiger partial charge in [-0.15, -0.1) is 0 Å². The van der Waals surface area contributed by atoms with Crippen molar-refractivity contribution in [2.45, 2.75) is 0 Å². The van der Waals surface area contributed by atoms with Crippen molar-refractivity contribution in [1.29, 1.82) is 0 Å². The highest BCUT2D eigenvalue weighted by molar-refractivity contribution is 6.09. The zero-order valence-corrected chi connectivity index (χ0v) is 16.9. The SMILES string of the molecule is c1ccc(-n2c(-c3cccc4c3oc3ccccc34)nc3nc4ccccc4nc32)cc1. The molecule has 0 aliphatic heterocycles. The summed E-state index contributed by atoms with van der Waals surface area (Å²) in [6.45, 7) is 0. The third kappa shape index (κ3) is 2.42. The van der Waals surface area contributed by atoms with Gasteiger partial charge in [-0.2, -0.15) is 0 Å². The Labute approximate surface area is 182 Å². The molecule has 0 amide bonds. The first-order valence-electron chi connectivity index (χ1n) is 10.5. The second-order valence-electron chi connectivity index (χ2n) is 7.75. The van der Waals surface area contributed by atoms with E-state index in [2.05, 4.69) is 28.8 Å². The molecule has 5 heteroatoms. The lowest BCUT2D eigenvalue weighted by Crippen LogP contribution is -1.99. The van der Waals surface area contributed by atoms with Crippen LogP contribution in [0.5, 0.6) is 0 Å². The first kappa shape index (κ1) is 17.2. The maximum Gasteiger partial charge on any atom is 0.199 e. The van der Waals surface area contributed by atoms with E-state index in [9.17, 15) is 0 Å². The monoisotopic (exact) mass is 412 g/mol. The average Bonchev–Trinajstić information content (AvgIpc) is 3.41. The number of imidazole rings is 1. The molecule has 5 nitrogen and oxygen atoms in total. The van der Waals surface area contributed by atoms with Crippen LogP contribution in [0.4, 0.5) is 0 Å². The Morgan fingerprint density at radius 1 is 0.594 bits per heavy atom. The highest BCUT2D eigenvalue weighted by Crippen LogP contribution is 2.37. The topological polar surface area (TPSA) is 56.7 Å². The first-order valence-corrected chi connectivity index (χ1v) is 10.5. The molecule has 150 valence electrons. The van der Waals surface area contributed by atoms with Crippen LogP contribution in [-0.4, -0.2) is 19.5 Å². The van der Waals surface area contributed by atoms with Gasteiger partial charge in [-0.25, -0.2) is 15.0 Å². The fourth-order valence-corrected chi connectivity index (χ4v) is 4.38. The van der Waals surface area contributed by atoms with Gasteiger partial charge in [-0.3, -0.25) is 4.57 Å². The molecule has 3 aromatic heterocycles. The second kappa shape index (κ2) is 6.49. The summed E-state index contributed by atoms with van der Waals surface area (Å²) in [5.74, 6) is 0.756. The molecule has 7 rings (SSSR count). The maximum absolute atomic E-state index is 6.31. The molecule has 0 atom stereocenters. The fraction of sp³-hybridized carbons (Fsp3) is 0. The Kier molecular flexibility index (Phi) is 3.49. The van der Waals surface area contributed by atoms with Crippen molar-refractivity contribution in [2.24, 2.45) is 0 Å². The van der Waals surface area contributed by atoms with Gasteiger partial charge in [-0.1, -0.05) is 60.7 Å². The fourth-order valence-electron chi connectivity index (χ4n) is 4.38. The van der Waals surface area contributed by atoms with E-state index in [1.807, 2.05) is 72.8 Å². The summed E-state index contributed by atoms with van der Waals surface area (Å²) in [6, 6.07) is 32.3. The number of rotatable bonds is 2. The Hall–Kier alpha value is -4.51. The van der Waals surface area contributed by atoms with Crippen molar-refractivity contribution in [3.63, 3.8) is 0 Å². The van der Waals surface area contributed by atoms with Crippen molar-refractivity contribution >= 4 is 44.3 Å². The van der Waals surface area contributed by atoms with Gasteiger partial charge in [0.05, 0.1) is 16.6 Å². The predicted molar refractivity (Wildman–Crippen MR) is 127 cm³/mol. The van der Waals surface area contributed by atoms with Crippen molar-refractivity contribution < 1.29 is 4.42 Å². The van der Waals surface area contributed by atoms with Gasteiger partial charge >= 0.3 is 0 Å². The summed E-state index contributed by atoms with van der Waals surface area (Å²) < 4.78 is 8.37. The van der Waals surface area contributed by atoms with Crippen molar-refractivity contribution in [3.8, 4) is 17.1 Å². The number of nitrogens with zero attached hydrogens (tertiary/aromatic N) is 4. The molecule has 3 heterocycles. The summed E-state index contributed by atoms with van der Waals surface area (Å²) in [6.07, 6.45) is 0. The van der Waals surface area contributed by atoms with Crippen LogP contribution in [-0.2, 0) is 0 Å². The van der Waals surface area contributed by atoms with E-state index in [4.69, 9.17) is 19.4 Å². The van der Waals surface area contributed by atoms with E-state index in [-0.39, 0.29) is 0 Å². The third-order valence-corrected chi connectivity index (χ3v) is 5.83. The molecule has 0 unspecified atom stereocenters. The van der Waals surface area contributed by atoms with E-state index < -0.39 is 0 Å². The summed E-state index contributed by atoms with van der Waals surface area (Å²) in [4.78, 5) is 14.7. The minimum atomic E-state index is 0.607. The standard InChI is InChI=1S/C27H16N4O/c1-2-9-17(10-3-1)31-26(30-25-27(31)29-22-15-6-5-14-21(22)28-25)20-13-8-12-19-18-11-4-7-16-23(18)32-24(19)20/h1-16H. The number of benzene rings is 4. The molecule has 0 spiro atoms. The van der Waals surface area contributed by atoms with E-state index in [1.165, 1.54) is 0 Å². The van der Waals surface area contributed by atoms with Gasteiger partial charge in [0, 0.05) is 16.5 Å². The quantitative estimate of drug-likeness (QED) is 0.324. The lowest BCUT2D eigenvalue weighted by Gasteiger charge is -2.09. The van der Waals surface area contributed by atoms with E-state index >= 15 is 0 Å². The molecular formula is C27H16N4O. The van der Waals surface area contributed by atoms with Crippen molar-refractivity contribution in [1.82, 2.24) is 19.5 Å². The van der Waals surface area contributed by atoms with Crippen LogP contribution in [0.2, 0.25) is 0 Å². The molecule has 4 aromatic carbocycles.